The van der Waals surface area contributed by atoms with E-state index >= 15 is 0 Å². The first kappa shape index (κ1) is 8.98. The van der Waals surface area contributed by atoms with E-state index in [1.165, 1.54) is 17.6 Å². The molecule has 0 unspecified atom stereocenters. The molecule has 1 aromatic rings. The van der Waals surface area contributed by atoms with Gasteiger partial charge in [0.05, 0.1) is 0 Å². The van der Waals surface area contributed by atoms with Crippen LogP contribution in [0.5, 0.6) is 0 Å². The molecule has 1 nitrogen and oxygen atoms in total. The van der Waals surface area contributed by atoms with Crippen LogP contribution in [0.15, 0.2) is 36.7 Å². The number of aromatic nitrogens is 1. The van der Waals surface area contributed by atoms with Gasteiger partial charge >= 0.3 is 0 Å². The summed E-state index contributed by atoms with van der Waals surface area (Å²) in [6.07, 6.45) is 6.96. The van der Waals surface area contributed by atoms with Gasteiger partial charge in [0.25, 0.3) is 0 Å². The fourth-order valence-electron chi connectivity index (χ4n) is 1.23. The Morgan fingerprint density at radius 1 is 1.42 bits per heavy atom. The van der Waals surface area contributed by atoms with Gasteiger partial charge in [-0.1, -0.05) is 25.5 Å². The van der Waals surface area contributed by atoms with Crippen LogP contribution in [-0.4, -0.2) is 4.98 Å². The Morgan fingerprint density at radius 2 is 2.08 bits per heavy atom. The second-order valence-electron chi connectivity index (χ2n) is 3.03. The predicted octanol–water partition coefficient (Wildman–Crippen LogP) is 2.98. The molecule has 1 rings (SSSR count). The van der Waals surface area contributed by atoms with Gasteiger partial charge in [-0.25, -0.2) is 0 Å². The highest BCUT2D eigenvalue weighted by Crippen LogP contribution is 2.09. The van der Waals surface area contributed by atoms with Crippen molar-refractivity contribution in [2.45, 2.75) is 26.2 Å². The highest BCUT2D eigenvalue weighted by Gasteiger charge is 1.94. The Morgan fingerprint density at radius 3 is 2.67 bits per heavy atom. The molecule has 0 aliphatic rings. The maximum Gasteiger partial charge on any atom is 0.0270 e. The molecule has 0 spiro atoms. The summed E-state index contributed by atoms with van der Waals surface area (Å²) in [7, 11) is 0. The van der Waals surface area contributed by atoms with E-state index < -0.39 is 0 Å². The average Bonchev–Trinajstić information content (AvgIpc) is 2.06. The van der Waals surface area contributed by atoms with Crippen molar-refractivity contribution < 1.29 is 0 Å². The minimum atomic E-state index is 0.996. The minimum absolute atomic E-state index is 0.996. The van der Waals surface area contributed by atoms with Crippen molar-refractivity contribution in [3.8, 4) is 0 Å². The molecule has 64 valence electrons. The zero-order valence-electron chi connectivity index (χ0n) is 7.59. The molecule has 0 saturated carbocycles. The lowest BCUT2D eigenvalue weighted by atomic mass is 10.0. The van der Waals surface area contributed by atoms with Crippen molar-refractivity contribution in [3.05, 3.63) is 42.2 Å². The molecule has 0 fully saturated rings. The average molecular weight is 161 g/mol. The van der Waals surface area contributed by atoms with Crippen LogP contribution in [0.3, 0.4) is 0 Å². The third-order valence-corrected chi connectivity index (χ3v) is 1.81. The smallest absolute Gasteiger partial charge is 0.0270 e. The van der Waals surface area contributed by atoms with Crippen molar-refractivity contribution in [3.63, 3.8) is 0 Å². The SMILES string of the molecule is C=C(CCC)Cc1ccncc1. The molecular formula is C11H15N. The Balaban J connectivity index is 2.47. The van der Waals surface area contributed by atoms with Crippen molar-refractivity contribution in [1.82, 2.24) is 4.98 Å². The number of pyridine rings is 1. The van der Waals surface area contributed by atoms with Crippen molar-refractivity contribution in [2.75, 3.05) is 0 Å². The van der Waals surface area contributed by atoms with Crippen molar-refractivity contribution >= 4 is 0 Å². The van der Waals surface area contributed by atoms with Crippen LogP contribution in [0.4, 0.5) is 0 Å². The number of hydrogen-bond acceptors (Lipinski definition) is 1. The first-order valence-corrected chi connectivity index (χ1v) is 4.38. The largest absolute Gasteiger partial charge is 0.265 e. The fraction of sp³-hybridized carbons (Fsp3) is 0.364. The summed E-state index contributed by atoms with van der Waals surface area (Å²) in [6, 6.07) is 4.08. The third kappa shape index (κ3) is 2.87. The lowest BCUT2D eigenvalue weighted by molar-refractivity contribution is 0.874. The van der Waals surface area contributed by atoms with E-state index in [-0.39, 0.29) is 0 Å². The molecule has 12 heavy (non-hydrogen) atoms. The first-order valence-electron chi connectivity index (χ1n) is 4.38. The van der Waals surface area contributed by atoms with Crippen molar-refractivity contribution in [1.29, 1.82) is 0 Å². The summed E-state index contributed by atoms with van der Waals surface area (Å²) in [5, 5.41) is 0. The Bertz CT molecular complexity index is 238. The van der Waals surface area contributed by atoms with Gasteiger partial charge in [-0.05, 0) is 30.5 Å². The molecule has 0 radical (unpaired) electrons. The molecule has 1 heteroatoms. The van der Waals surface area contributed by atoms with Crippen LogP contribution >= 0.6 is 0 Å². The summed E-state index contributed by atoms with van der Waals surface area (Å²) in [5.41, 5.74) is 2.62. The minimum Gasteiger partial charge on any atom is -0.265 e. The zero-order valence-corrected chi connectivity index (χ0v) is 7.59. The summed E-state index contributed by atoms with van der Waals surface area (Å²) >= 11 is 0. The molecule has 0 aliphatic heterocycles. The van der Waals surface area contributed by atoms with Gasteiger partial charge < -0.3 is 0 Å². The van der Waals surface area contributed by atoms with Crippen LogP contribution in [0.25, 0.3) is 0 Å². The van der Waals surface area contributed by atoms with Gasteiger partial charge in [-0.2, -0.15) is 0 Å². The summed E-state index contributed by atoms with van der Waals surface area (Å²) in [5.74, 6) is 0. The lowest BCUT2D eigenvalue weighted by Crippen LogP contribution is -1.88. The first-order chi connectivity index (χ1) is 5.83. The predicted molar refractivity (Wildman–Crippen MR) is 52.0 cm³/mol. The molecule has 0 saturated heterocycles. The Kier molecular flexibility index (Phi) is 3.52. The molecule has 0 amide bonds. The van der Waals surface area contributed by atoms with E-state index in [2.05, 4.69) is 18.5 Å². The second-order valence-corrected chi connectivity index (χ2v) is 3.03. The van der Waals surface area contributed by atoms with Crippen LogP contribution in [0.2, 0.25) is 0 Å². The Labute approximate surface area is 74.2 Å². The maximum atomic E-state index is 4.02. The second kappa shape index (κ2) is 4.70. The van der Waals surface area contributed by atoms with Gasteiger partial charge in [0, 0.05) is 12.4 Å². The molecule has 1 heterocycles. The molecular weight excluding hydrogens is 146 g/mol. The highest BCUT2D eigenvalue weighted by atomic mass is 14.6. The quantitative estimate of drug-likeness (QED) is 0.619. The van der Waals surface area contributed by atoms with Gasteiger partial charge in [0.15, 0.2) is 0 Å². The van der Waals surface area contributed by atoms with Gasteiger partial charge in [0.2, 0.25) is 0 Å². The summed E-state index contributed by atoms with van der Waals surface area (Å²) < 4.78 is 0. The maximum absolute atomic E-state index is 4.02. The van der Waals surface area contributed by atoms with Crippen LogP contribution in [0.1, 0.15) is 25.3 Å². The highest BCUT2D eigenvalue weighted by molar-refractivity contribution is 5.17. The number of allylic oxidation sites excluding steroid dienone is 1. The Hall–Kier alpha value is -1.11. The monoisotopic (exact) mass is 161 g/mol. The number of rotatable bonds is 4. The zero-order chi connectivity index (χ0) is 8.81. The van der Waals surface area contributed by atoms with Crippen molar-refractivity contribution in [2.24, 2.45) is 0 Å². The summed E-state index contributed by atoms with van der Waals surface area (Å²) in [4.78, 5) is 3.97. The van der Waals surface area contributed by atoms with E-state index in [9.17, 15) is 0 Å². The lowest BCUT2D eigenvalue weighted by Gasteiger charge is -2.02. The van der Waals surface area contributed by atoms with E-state index in [0.29, 0.717) is 0 Å². The molecule has 0 bridgehead atoms. The number of hydrogen-bond donors (Lipinski definition) is 0. The molecule has 1 aromatic heterocycles. The van der Waals surface area contributed by atoms with E-state index in [0.717, 1.165) is 12.8 Å². The molecule has 0 aromatic carbocycles. The molecule has 0 N–H and O–H groups in total. The van der Waals surface area contributed by atoms with Crippen LogP contribution in [0, 0.1) is 0 Å². The van der Waals surface area contributed by atoms with E-state index in [1.807, 2.05) is 24.5 Å². The molecule has 0 aliphatic carbocycles. The van der Waals surface area contributed by atoms with Crippen LogP contribution < -0.4 is 0 Å². The third-order valence-electron chi connectivity index (χ3n) is 1.81. The van der Waals surface area contributed by atoms with Gasteiger partial charge in [-0.3, -0.25) is 4.98 Å². The normalized spacial score (nSPS) is 9.75. The molecule has 0 atom stereocenters. The van der Waals surface area contributed by atoms with E-state index in [4.69, 9.17) is 0 Å². The van der Waals surface area contributed by atoms with Crippen LogP contribution in [-0.2, 0) is 6.42 Å². The topological polar surface area (TPSA) is 12.9 Å². The number of nitrogens with zero attached hydrogens (tertiary/aromatic N) is 1. The summed E-state index contributed by atoms with van der Waals surface area (Å²) in [6.45, 7) is 6.20. The van der Waals surface area contributed by atoms with Gasteiger partial charge in [0.1, 0.15) is 0 Å². The fourth-order valence-corrected chi connectivity index (χ4v) is 1.23. The standard InChI is InChI=1S/C11H15N/c1-3-4-10(2)9-11-5-7-12-8-6-11/h5-8H,2-4,9H2,1H3. The van der Waals surface area contributed by atoms with Gasteiger partial charge in [-0.15, -0.1) is 0 Å². The van der Waals surface area contributed by atoms with E-state index in [1.54, 1.807) is 0 Å².